The minimum absolute atomic E-state index is 0.137. The third-order valence-electron chi connectivity index (χ3n) is 4.32. The number of nitrogens with zero attached hydrogens (tertiary/aromatic N) is 1. The van der Waals surface area contributed by atoms with Crippen LogP contribution in [0.2, 0.25) is 0 Å². The summed E-state index contributed by atoms with van der Waals surface area (Å²) in [6.45, 7) is 2.05. The van der Waals surface area contributed by atoms with Crippen molar-refractivity contribution < 1.29 is 14.3 Å². The highest BCUT2D eigenvalue weighted by atomic mass is 16.5. The molecule has 0 aliphatic rings. The number of esters is 1. The van der Waals surface area contributed by atoms with Crippen LogP contribution in [-0.2, 0) is 17.8 Å². The lowest BCUT2D eigenvalue weighted by atomic mass is 10.0. The summed E-state index contributed by atoms with van der Waals surface area (Å²) in [5.41, 5.74) is 4.10. The zero-order chi connectivity index (χ0) is 19.2. The maximum absolute atomic E-state index is 12.7. The number of nitrogens with one attached hydrogen (secondary N) is 1. The summed E-state index contributed by atoms with van der Waals surface area (Å²) in [7, 11) is 0. The first-order valence-corrected chi connectivity index (χ1v) is 8.59. The van der Waals surface area contributed by atoms with Crippen LogP contribution in [0.25, 0.3) is 11.3 Å². The van der Waals surface area contributed by atoms with Crippen LogP contribution in [-0.4, -0.2) is 17.2 Å². The zero-order valence-corrected chi connectivity index (χ0v) is 14.9. The van der Waals surface area contributed by atoms with Gasteiger partial charge in [0.1, 0.15) is 6.61 Å². The van der Waals surface area contributed by atoms with E-state index in [1.54, 1.807) is 24.3 Å². The number of H-pyrrole nitrogens is 1. The molecule has 3 aromatic rings. The van der Waals surface area contributed by atoms with Gasteiger partial charge in [0.15, 0.2) is 6.29 Å². The first-order chi connectivity index (χ1) is 13.2. The first-order valence-electron chi connectivity index (χ1n) is 8.59. The van der Waals surface area contributed by atoms with Crippen LogP contribution in [0.15, 0.2) is 54.6 Å². The molecule has 0 saturated heterocycles. The molecule has 5 heteroatoms. The van der Waals surface area contributed by atoms with E-state index in [0.29, 0.717) is 24.0 Å². The molecule has 1 heterocycles. The molecule has 0 amide bonds. The van der Waals surface area contributed by atoms with E-state index in [1.807, 2.05) is 37.3 Å². The largest absolute Gasteiger partial charge is 0.457 e. The van der Waals surface area contributed by atoms with E-state index in [1.165, 1.54) is 0 Å². The van der Waals surface area contributed by atoms with E-state index in [4.69, 9.17) is 10.00 Å². The van der Waals surface area contributed by atoms with Crippen molar-refractivity contribution in [3.63, 3.8) is 0 Å². The predicted octanol–water partition coefficient (Wildman–Crippen LogP) is 4.29. The van der Waals surface area contributed by atoms with Crippen molar-refractivity contribution in [2.75, 3.05) is 0 Å². The van der Waals surface area contributed by atoms with Crippen molar-refractivity contribution in [1.29, 1.82) is 5.26 Å². The van der Waals surface area contributed by atoms with Gasteiger partial charge in [-0.05, 0) is 35.2 Å². The number of aldehydes is 1. The van der Waals surface area contributed by atoms with E-state index in [-0.39, 0.29) is 17.9 Å². The predicted molar refractivity (Wildman–Crippen MR) is 101 cm³/mol. The molecule has 0 fully saturated rings. The maximum Gasteiger partial charge on any atom is 0.341 e. The van der Waals surface area contributed by atoms with Crippen molar-refractivity contribution in [1.82, 2.24) is 4.98 Å². The number of hydrogen-bond acceptors (Lipinski definition) is 4. The van der Waals surface area contributed by atoms with Gasteiger partial charge in [0.2, 0.25) is 0 Å². The van der Waals surface area contributed by atoms with Crippen LogP contribution >= 0.6 is 0 Å². The summed E-state index contributed by atoms with van der Waals surface area (Å²) in [5.74, 6) is -0.533. The summed E-state index contributed by atoms with van der Waals surface area (Å²) in [5, 5.41) is 8.95. The Kier molecular flexibility index (Phi) is 5.48. The molecule has 0 aliphatic heterocycles. The standard InChI is InChI=1S/C22H18N2O3/c1-2-18-20(22(26)27-14-16-6-4-3-5-7-16)19(13-25)24-21(18)17-10-8-15(12-23)9-11-17/h3-11,13,24H,2,14H2,1H3. The van der Waals surface area contributed by atoms with Gasteiger partial charge >= 0.3 is 5.97 Å². The number of carbonyl (C=O) groups excluding carboxylic acids is 2. The number of nitriles is 1. The first kappa shape index (κ1) is 18.2. The number of carbonyl (C=O) groups is 2. The SMILES string of the molecule is CCc1c(-c2ccc(C#N)cc2)[nH]c(C=O)c1C(=O)OCc1ccccc1. The van der Waals surface area contributed by atoms with E-state index >= 15 is 0 Å². The van der Waals surface area contributed by atoms with Gasteiger partial charge in [-0.1, -0.05) is 49.4 Å². The fourth-order valence-electron chi connectivity index (χ4n) is 2.99. The summed E-state index contributed by atoms with van der Waals surface area (Å²) < 4.78 is 5.42. The second-order valence-electron chi connectivity index (χ2n) is 5.99. The van der Waals surface area contributed by atoms with Crippen LogP contribution in [0.5, 0.6) is 0 Å². The van der Waals surface area contributed by atoms with Crippen molar-refractivity contribution >= 4 is 12.3 Å². The van der Waals surface area contributed by atoms with Gasteiger partial charge < -0.3 is 9.72 Å². The van der Waals surface area contributed by atoms with Gasteiger partial charge in [0.25, 0.3) is 0 Å². The number of aromatic nitrogens is 1. The Balaban J connectivity index is 1.94. The third-order valence-corrected chi connectivity index (χ3v) is 4.32. The lowest BCUT2D eigenvalue weighted by Gasteiger charge is -2.07. The van der Waals surface area contributed by atoms with Crippen LogP contribution in [0, 0.1) is 11.3 Å². The number of hydrogen-bond donors (Lipinski definition) is 1. The van der Waals surface area contributed by atoms with Crippen molar-refractivity contribution in [3.8, 4) is 17.3 Å². The molecule has 1 N–H and O–H groups in total. The average Bonchev–Trinajstić information content (AvgIpc) is 3.11. The number of benzene rings is 2. The molecular weight excluding hydrogens is 340 g/mol. The Hall–Kier alpha value is -3.65. The van der Waals surface area contributed by atoms with Crippen molar-refractivity contribution in [2.24, 2.45) is 0 Å². The van der Waals surface area contributed by atoms with Crippen LogP contribution in [0.3, 0.4) is 0 Å². The van der Waals surface area contributed by atoms with Gasteiger partial charge in [-0.2, -0.15) is 5.26 Å². The van der Waals surface area contributed by atoms with Gasteiger partial charge in [-0.25, -0.2) is 4.79 Å². The Morgan fingerprint density at radius 1 is 1.15 bits per heavy atom. The average molecular weight is 358 g/mol. The van der Waals surface area contributed by atoms with Crippen LogP contribution in [0.4, 0.5) is 0 Å². The highest BCUT2D eigenvalue weighted by molar-refractivity contribution is 6.01. The summed E-state index contributed by atoms with van der Waals surface area (Å²) >= 11 is 0. The zero-order valence-electron chi connectivity index (χ0n) is 14.9. The molecular formula is C22H18N2O3. The van der Waals surface area contributed by atoms with E-state index in [0.717, 1.165) is 16.7 Å². The monoisotopic (exact) mass is 358 g/mol. The summed E-state index contributed by atoms with van der Waals surface area (Å²) in [6, 6.07) is 18.4. The van der Waals surface area contributed by atoms with E-state index in [2.05, 4.69) is 11.1 Å². The fourth-order valence-corrected chi connectivity index (χ4v) is 2.99. The molecule has 1 aromatic heterocycles. The maximum atomic E-state index is 12.7. The van der Waals surface area contributed by atoms with Crippen molar-refractivity contribution in [2.45, 2.75) is 20.0 Å². The van der Waals surface area contributed by atoms with Crippen LogP contribution < -0.4 is 0 Å². The molecule has 0 unspecified atom stereocenters. The molecule has 0 bridgehead atoms. The van der Waals surface area contributed by atoms with Gasteiger partial charge in [-0.15, -0.1) is 0 Å². The summed E-state index contributed by atoms with van der Waals surface area (Å²) in [4.78, 5) is 27.2. The molecule has 5 nitrogen and oxygen atoms in total. The number of aromatic amines is 1. The second-order valence-corrected chi connectivity index (χ2v) is 5.99. The Morgan fingerprint density at radius 2 is 1.85 bits per heavy atom. The van der Waals surface area contributed by atoms with Gasteiger partial charge in [0.05, 0.1) is 28.6 Å². The lowest BCUT2D eigenvalue weighted by molar-refractivity contribution is 0.0470. The Morgan fingerprint density at radius 3 is 2.44 bits per heavy atom. The molecule has 2 aromatic carbocycles. The van der Waals surface area contributed by atoms with Crippen LogP contribution in [0.1, 0.15) is 44.5 Å². The number of rotatable bonds is 6. The van der Waals surface area contributed by atoms with Crippen molar-refractivity contribution in [3.05, 3.63) is 82.5 Å². The summed E-state index contributed by atoms with van der Waals surface area (Å²) in [6.07, 6.45) is 1.18. The number of ether oxygens (including phenoxy) is 1. The highest BCUT2D eigenvalue weighted by Gasteiger charge is 2.24. The van der Waals surface area contributed by atoms with E-state index < -0.39 is 5.97 Å². The minimum atomic E-state index is -0.533. The Bertz CT molecular complexity index is 997. The molecule has 0 saturated carbocycles. The lowest BCUT2D eigenvalue weighted by Crippen LogP contribution is -2.09. The van der Waals surface area contributed by atoms with Gasteiger partial charge in [-0.3, -0.25) is 4.79 Å². The smallest absolute Gasteiger partial charge is 0.341 e. The Labute approximate surface area is 157 Å². The normalized spacial score (nSPS) is 10.2. The van der Waals surface area contributed by atoms with Gasteiger partial charge in [0, 0.05) is 0 Å². The van der Waals surface area contributed by atoms with E-state index in [9.17, 15) is 9.59 Å². The minimum Gasteiger partial charge on any atom is -0.457 e. The molecule has 0 radical (unpaired) electrons. The molecule has 0 atom stereocenters. The molecule has 134 valence electrons. The molecule has 0 aliphatic carbocycles. The quantitative estimate of drug-likeness (QED) is 0.526. The third kappa shape index (κ3) is 3.80. The fraction of sp³-hybridized carbons (Fsp3) is 0.136. The molecule has 0 spiro atoms. The molecule has 27 heavy (non-hydrogen) atoms. The molecule has 3 rings (SSSR count). The topological polar surface area (TPSA) is 83.0 Å². The second kappa shape index (κ2) is 8.15. The highest BCUT2D eigenvalue weighted by Crippen LogP contribution is 2.29.